The molecule has 0 saturated heterocycles. The predicted molar refractivity (Wildman–Crippen MR) is 66.4 cm³/mol. The van der Waals surface area contributed by atoms with Crippen molar-refractivity contribution >= 4 is 11.6 Å². The van der Waals surface area contributed by atoms with Crippen LogP contribution in [-0.4, -0.2) is 5.11 Å². The Bertz CT molecular complexity index is 645. The molecule has 20 heavy (non-hydrogen) atoms. The van der Waals surface area contributed by atoms with Gasteiger partial charge in [-0.25, -0.2) is 17.6 Å². The van der Waals surface area contributed by atoms with E-state index in [9.17, 15) is 22.7 Å². The molecule has 0 spiro atoms. The lowest BCUT2D eigenvalue weighted by molar-refractivity contribution is 0.171. The van der Waals surface area contributed by atoms with Gasteiger partial charge in [-0.1, -0.05) is 23.7 Å². The number of rotatable bonds is 3. The van der Waals surface area contributed by atoms with Crippen molar-refractivity contribution in [1.29, 1.82) is 0 Å². The number of hydrogen-bond donors (Lipinski definition) is 1. The van der Waals surface area contributed by atoms with Crippen LogP contribution in [-0.2, 0) is 6.42 Å². The van der Waals surface area contributed by atoms with Crippen LogP contribution in [0.1, 0.15) is 17.2 Å². The topological polar surface area (TPSA) is 20.2 Å². The highest BCUT2D eigenvalue weighted by atomic mass is 35.5. The van der Waals surface area contributed by atoms with Gasteiger partial charge >= 0.3 is 0 Å². The molecule has 0 aromatic heterocycles. The second-order valence-electron chi connectivity index (χ2n) is 4.22. The molecule has 2 aromatic carbocycles. The third kappa shape index (κ3) is 2.94. The first-order chi connectivity index (χ1) is 9.40. The lowest BCUT2D eigenvalue weighted by Crippen LogP contribution is -2.07. The quantitative estimate of drug-likeness (QED) is 0.666. The molecule has 2 aromatic rings. The van der Waals surface area contributed by atoms with Crippen molar-refractivity contribution in [2.24, 2.45) is 0 Å². The summed E-state index contributed by atoms with van der Waals surface area (Å²) in [5.41, 5.74) is -0.391. The third-order valence-electron chi connectivity index (χ3n) is 2.84. The molecule has 1 nitrogen and oxygen atoms in total. The van der Waals surface area contributed by atoms with Crippen LogP contribution in [0.3, 0.4) is 0 Å². The van der Waals surface area contributed by atoms with E-state index in [-0.39, 0.29) is 17.0 Å². The van der Waals surface area contributed by atoms with Gasteiger partial charge in [0.05, 0.1) is 11.1 Å². The minimum atomic E-state index is -1.52. The average Bonchev–Trinajstić information content (AvgIpc) is 2.39. The Morgan fingerprint density at radius 1 is 1.00 bits per heavy atom. The first-order valence-corrected chi connectivity index (χ1v) is 6.03. The van der Waals surface area contributed by atoms with Crippen molar-refractivity contribution in [2.75, 3.05) is 0 Å². The summed E-state index contributed by atoms with van der Waals surface area (Å²) in [6, 6.07) is 5.04. The van der Waals surface area contributed by atoms with Crippen LogP contribution in [0.15, 0.2) is 30.3 Å². The Kier molecular flexibility index (Phi) is 4.30. The Morgan fingerprint density at radius 3 is 2.35 bits per heavy atom. The smallest absolute Gasteiger partial charge is 0.161 e. The Hall–Kier alpha value is -1.59. The van der Waals surface area contributed by atoms with E-state index in [1.807, 2.05) is 0 Å². The molecule has 2 rings (SSSR count). The van der Waals surface area contributed by atoms with Gasteiger partial charge in [0.1, 0.15) is 11.6 Å². The SMILES string of the molecule is OC(Cc1cccc(Cl)c1F)c1cc(F)c(F)cc1F. The summed E-state index contributed by atoms with van der Waals surface area (Å²) in [4.78, 5) is 0. The minimum absolute atomic E-state index is 0.0501. The number of aliphatic hydroxyl groups is 1. The second kappa shape index (κ2) is 5.81. The zero-order valence-electron chi connectivity index (χ0n) is 10.0. The van der Waals surface area contributed by atoms with E-state index in [0.29, 0.717) is 12.1 Å². The van der Waals surface area contributed by atoms with Crippen LogP contribution >= 0.6 is 11.6 Å². The van der Waals surface area contributed by atoms with Gasteiger partial charge in [-0.05, 0) is 17.7 Å². The molecule has 0 saturated carbocycles. The molecule has 0 aliphatic rings. The zero-order valence-corrected chi connectivity index (χ0v) is 10.8. The van der Waals surface area contributed by atoms with Gasteiger partial charge < -0.3 is 5.11 Å². The number of halogens is 5. The first-order valence-electron chi connectivity index (χ1n) is 5.65. The molecule has 0 radical (unpaired) electrons. The molecule has 0 bridgehead atoms. The van der Waals surface area contributed by atoms with E-state index in [1.54, 1.807) is 0 Å². The van der Waals surface area contributed by atoms with Gasteiger partial charge in [-0.3, -0.25) is 0 Å². The summed E-state index contributed by atoms with van der Waals surface area (Å²) in [7, 11) is 0. The van der Waals surface area contributed by atoms with Crippen molar-refractivity contribution in [1.82, 2.24) is 0 Å². The fourth-order valence-corrected chi connectivity index (χ4v) is 2.01. The van der Waals surface area contributed by atoms with Gasteiger partial charge in [-0.15, -0.1) is 0 Å². The molecule has 6 heteroatoms. The Balaban J connectivity index is 2.31. The van der Waals surface area contributed by atoms with Gasteiger partial charge in [0.2, 0.25) is 0 Å². The lowest BCUT2D eigenvalue weighted by atomic mass is 10.0. The van der Waals surface area contributed by atoms with E-state index in [2.05, 4.69) is 0 Å². The minimum Gasteiger partial charge on any atom is -0.388 e. The molecule has 0 fully saturated rings. The highest BCUT2D eigenvalue weighted by Crippen LogP contribution is 2.26. The standard InChI is InChI=1S/C14H9ClF4O/c15-9-3-1-2-7(14(9)19)4-13(20)8-5-11(17)12(18)6-10(8)16/h1-3,5-6,13,20H,4H2. The summed E-state index contributed by atoms with van der Waals surface area (Å²) in [6.45, 7) is 0. The molecule has 1 atom stereocenters. The fourth-order valence-electron chi connectivity index (χ4n) is 1.82. The van der Waals surface area contributed by atoms with Crippen LogP contribution in [0.2, 0.25) is 5.02 Å². The summed E-state index contributed by atoms with van der Waals surface area (Å²) < 4.78 is 53.0. The van der Waals surface area contributed by atoms with Crippen LogP contribution in [0.4, 0.5) is 17.6 Å². The number of aliphatic hydroxyl groups excluding tert-OH is 1. The number of benzene rings is 2. The number of hydrogen-bond acceptors (Lipinski definition) is 1. The molecule has 1 unspecified atom stereocenters. The molecule has 106 valence electrons. The van der Waals surface area contributed by atoms with E-state index < -0.39 is 34.9 Å². The van der Waals surface area contributed by atoms with Crippen LogP contribution < -0.4 is 0 Å². The maximum Gasteiger partial charge on any atom is 0.161 e. The van der Waals surface area contributed by atoms with Gasteiger partial charge in [0, 0.05) is 18.1 Å². The highest BCUT2D eigenvalue weighted by molar-refractivity contribution is 6.30. The van der Waals surface area contributed by atoms with Crippen molar-refractivity contribution in [3.05, 3.63) is 69.8 Å². The molecule has 1 N–H and O–H groups in total. The summed E-state index contributed by atoms with van der Waals surface area (Å²) in [5.74, 6) is -4.48. The van der Waals surface area contributed by atoms with Crippen LogP contribution in [0.5, 0.6) is 0 Å². The molecule has 0 aliphatic carbocycles. The molecule has 0 heterocycles. The first kappa shape index (κ1) is 14.8. The third-order valence-corrected chi connectivity index (χ3v) is 3.14. The molecular formula is C14H9ClF4O. The largest absolute Gasteiger partial charge is 0.388 e. The van der Waals surface area contributed by atoms with Crippen molar-refractivity contribution in [3.63, 3.8) is 0 Å². The van der Waals surface area contributed by atoms with Crippen LogP contribution in [0.25, 0.3) is 0 Å². The zero-order chi connectivity index (χ0) is 14.9. The summed E-state index contributed by atoms with van der Waals surface area (Å²) in [6.07, 6.45) is -1.83. The average molecular weight is 305 g/mol. The van der Waals surface area contributed by atoms with Gasteiger partial charge in [-0.2, -0.15) is 0 Å². The van der Waals surface area contributed by atoms with E-state index >= 15 is 0 Å². The van der Waals surface area contributed by atoms with E-state index in [4.69, 9.17) is 11.6 Å². The maximum absolute atomic E-state index is 13.7. The van der Waals surface area contributed by atoms with E-state index in [0.717, 1.165) is 0 Å². The summed E-state index contributed by atoms with van der Waals surface area (Å²) >= 11 is 5.58. The van der Waals surface area contributed by atoms with E-state index in [1.165, 1.54) is 18.2 Å². The van der Waals surface area contributed by atoms with Crippen molar-refractivity contribution in [2.45, 2.75) is 12.5 Å². The molecular weight excluding hydrogens is 296 g/mol. The normalized spacial score (nSPS) is 12.5. The molecule has 0 aliphatic heterocycles. The fraction of sp³-hybridized carbons (Fsp3) is 0.143. The van der Waals surface area contributed by atoms with Gasteiger partial charge in [0.25, 0.3) is 0 Å². The highest BCUT2D eigenvalue weighted by Gasteiger charge is 2.19. The Labute approximate surface area is 117 Å². The maximum atomic E-state index is 13.7. The summed E-state index contributed by atoms with van der Waals surface area (Å²) in [5, 5.41) is 9.71. The monoisotopic (exact) mass is 304 g/mol. The second-order valence-corrected chi connectivity index (χ2v) is 4.63. The Morgan fingerprint density at radius 2 is 1.65 bits per heavy atom. The predicted octanol–water partition coefficient (Wildman–Crippen LogP) is 4.17. The lowest BCUT2D eigenvalue weighted by Gasteiger charge is -2.13. The molecule has 0 amide bonds. The van der Waals surface area contributed by atoms with Crippen molar-refractivity contribution < 1.29 is 22.7 Å². The van der Waals surface area contributed by atoms with Crippen LogP contribution in [0, 0.1) is 23.3 Å². The van der Waals surface area contributed by atoms with Gasteiger partial charge in [0.15, 0.2) is 11.6 Å². The van der Waals surface area contributed by atoms with Crippen molar-refractivity contribution in [3.8, 4) is 0 Å².